The Labute approximate surface area is 189 Å². The maximum absolute atomic E-state index is 12.1. The Morgan fingerprint density at radius 3 is 2.50 bits per heavy atom. The first-order chi connectivity index (χ1) is 15.5. The Morgan fingerprint density at radius 2 is 1.75 bits per heavy atom. The zero-order valence-electron chi connectivity index (χ0n) is 18.7. The van der Waals surface area contributed by atoms with Crippen molar-refractivity contribution in [1.82, 2.24) is 10.4 Å². The molecule has 1 amide bonds. The van der Waals surface area contributed by atoms with Crippen LogP contribution >= 0.6 is 0 Å². The third kappa shape index (κ3) is 6.67. The first-order valence-electron chi connectivity index (χ1n) is 10.7. The van der Waals surface area contributed by atoms with Gasteiger partial charge in [-0.1, -0.05) is 38.1 Å². The highest BCUT2D eigenvalue weighted by Crippen LogP contribution is 2.27. The SMILES string of the molecule is Cc1ccc(C(C)C)c(OCCCOc2ccccc2/C=N\NC(=O)c2ccncc2)c1. The number of carbonyl (C=O) groups excluding carboxylic acids is 1. The number of nitrogens with one attached hydrogen (secondary N) is 1. The maximum Gasteiger partial charge on any atom is 0.271 e. The van der Waals surface area contributed by atoms with E-state index in [1.165, 1.54) is 11.1 Å². The molecule has 0 unspecified atom stereocenters. The second kappa shape index (κ2) is 11.6. The van der Waals surface area contributed by atoms with Crippen LogP contribution in [0.25, 0.3) is 0 Å². The lowest BCUT2D eigenvalue weighted by atomic mass is 10.0. The Hall–Kier alpha value is -3.67. The Morgan fingerprint density at radius 1 is 1.03 bits per heavy atom. The van der Waals surface area contributed by atoms with E-state index in [0.717, 1.165) is 17.7 Å². The van der Waals surface area contributed by atoms with E-state index in [1.54, 1.807) is 30.7 Å². The van der Waals surface area contributed by atoms with Gasteiger partial charge < -0.3 is 9.47 Å². The predicted molar refractivity (Wildman–Crippen MR) is 127 cm³/mol. The van der Waals surface area contributed by atoms with Crippen molar-refractivity contribution in [2.75, 3.05) is 13.2 Å². The molecule has 0 bridgehead atoms. The van der Waals surface area contributed by atoms with Gasteiger partial charge in [-0.15, -0.1) is 0 Å². The van der Waals surface area contributed by atoms with Gasteiger partial charge in [-0.2, -0.15) is 5.10 Å². The third-order valence-corrected chi connectivity index (χ3v) is 4.83. The van der Waals surface area contributed by atoms with Gasteiger partial charge in [0, 0.05) is 29.9 Å². The monoisotopic (exact) mass is 431 g/mol. The topological polar surface area (TPSA) is 72.8 Å². The predicted octanol–water partition coefficient (Wildman–Crippen LogP) is 5.13. The van der Waals surface area contributed by atoms with E-state index in [4.69, 9.17) is 9.47 Å². The number of hydrazone groups is 1. The highest BCUT2D eigenvalue weighted by Gasteiger charge is 2.08. The molecule has 6 nitrogen and oxygen atoms in total. The number of pyridine rings is 1. The number of ether oxygens (including phenoxy) is 2. The van der Waals surface area contributed by atoms with E-state index in [1.807, 2.05) is 24.3 Å². The highest BCUT2D eigenvalue weighted by atomic mass is 16.5. The quantitative estimate of drug-likeness (QED) is 0.275. The molecule has 1 N–H and O–H groups in total. The molecule has 0 radical (unpaired) electrons. The van der Waals surface area contributed by atoms with Crippen LogP contribution in [0.1, 0.15) is 53.2 Å². The molecule has 0 saturated heterocycles. The number of amides is 1. The summed E-state index contributed by atoms with van der Waals surface area (Å²) in [6.07, 6.45) is 5.45. The number of carbonyl (C=O) groups is 1. The summed E-state index contributed by atoms with van der Waals surface area (Å²) in [5.41, 5.74) is 6.19. The summed E-state index contributed by atoms with van der Waals surface area (Å²) in [6, 6.07) is 17.2. The van der Waals surface area contributed by atoms with Crippen molar-refractivity contribution in [2.45, 2.75) is 33.1 Å². The molecule has 0 aliphatic heterocycles. The van der Waals surface area contributed by atoms with E-state index in [9.17, 15) is 4.79 Å². The van der Waals surface area contributed by atoms with Crippen molar-refractivity contribution in [2.24, 2.45) is 5.10 Å². The molecule has 1 heterocycles. The largest absolute Gasteiger partial charge is 0.493 e. The maximum atomic E-state index is 12.1. The van der Waals surface area contributed by atoms with Gasteiger partial charge in [-0.3, -0.25) is 9.78 Å². The summed E-state index contributed by atoms with van der Waals surface area (Å²) in [5.74, 6) is 1.76. The van der Waals surface area contributed by atoms with E-state index < -0.39 is 0 Å². The summed E-state index contributed by atoms with van der Waals surface area (Å²) in [6.45, 7) is 7.48. The van der Waals surface area contributed by atoms with Crippen LogP contribution in [0.15, 0.2) is 72.1 Å². The van der Waals surface area contributed by atoms with Crippen LogP contribution in [0.4, 0.5) is 0 Å². The first-order valence-corrected chi connectivity index (χ1v) is 10.7. The average Bonchev–Trinajstić information content (AvgIpc) is 2.80. The number of aromatic nitrogens is 1. The van der Waals surface area contributed by atoms with Gasteiger partial charge >= 0.3 is 0 Å². The Kier molecular flexibility index (Phi) is 8.37. The lowest BCUT2D eigenvalue weighted by molar-refractivity contribution is 0.0955. The van der Waals surface area contributed by atoms with Crippen LogP contribution in [0.5, 0.6) is 11.5 Å². The standard InChI is InChI=1S/C26H29N3O3/c1-19(2)23-10-9-20(3)17-25(23)32-16-6-15-31-24-8-5-4-7-22(24)18-28-29-26(30)21-11-13-27-14-12-21/h4-5,7-14,17-19H,6,15-16H2,1-3H3,(H,29,30)/b28-18-. The van der Waals surface area contributed by atoms with E-state index in [0.29, 0.717) is 30.4 Å². The minimum absolute atomic E-state index is 0.295. The van der Waals surface area contributed by atoms with Crippen LogP contribution in [0, 0.1) is 6.92 Å². The van der Waals surface area contributed by atoms with E-state index in [2.05, 4.69) is 54.5 Å². The number of benzene rings is 2. The van der Waals surface area contributed by atoms with Crippen LogP contribution in [0.2, 0.25) is 0 Å². The van der Waals surface area contributed by atoms with Gasteiger partial charge in [0.1, 0.15) is 11.5 Å². The van der Waals surface area contributed by atoms with E-state index >= 15 is 0 Å². The summed E-state index contributed by atoms with van der Waals surface area (Å²) in [5, 5.41) is 4.05. The van der Waals surface area contributed by atoms with Crippen LogP contribution in [-0.2, 0) is 0 Å². The minimum atomic E-state index is -0.295. The van der Waals surface area contributed by atoms with Crippen LogP contribution in [-0.4, -0.2) is 30.3 Å². The Balaban J connectivity index is 1.49. The number of hydrogen-bond donors (Lipinski definition) is 1. The molecule has 0 fully saturated rings. The molecule has 32 heavy (non-hydrogen) atoms. The summed E-state index contributed by atoms with van der Waals surface area (Å²) < 4.78 is 11.9. The lowest BCUT2D eigenvalue weighted by Crippen LogP contribution is -2.17. The first kappa shape index (κ1) is 23.0. The van der Waals surface area contributed by atoms with E-state index in [-0.39, 0.29) is 5.91 Å². The molecule has 0 spiro atoms. The minimum Gasteiger partial charge on any atom is -0.493 e. The van der Waals surface area contributed by atoms with Crippen molar-refractivity contribution >= 4 is 12.1 Å². The van der Waals surface area contributed by atoms with Crippen LogP contribution in [0.3, 0.4) is 0 Å². The van der Waals surface area contributed by atoms with Gasteiger partial charge in [0.15, 0.2) is 0 Å². The fourth-order valence-electron chi connectivity index (χ4n) is 3.11. The zero-order valence-corrected chi connectivity index (χ0v) is 18.7. The van der Waals surface area contributed by atoms with Gasteiger partial charge in [0.25, 0.3) is 5.91 Å². The van der Waals surface area contributed by atoms with Crippen molar-refractivity contribution in [1.29, 1.82) is 0 Å². The van der Waals surface area contributed by atoms with Gasteiger partial charge in [0.2, 0.25) is 0 Å². The summed E-state index contributed by atoms with van der Waals surface area (Å²) >= 11 is 0. The number of nitrogens with zero attached hydrogens (tertiary/aromatic N) is 2. The summed E-state index contributed by atoms with van der Waals surface area (Å²) in [4.78, 5) is 16.0. The van der Waals surface area contributed by atoms with Gasteiger partial charge in [-0.05, 0) is 54.3 Å². The number of aryl methyl sites for hydroxylation is 1. The molecule has 0 aliphatic carbocycles. The number of hydrogen-bond acceptors (Lipinski definition) is 5. The second-order valence-electron chi connectivity index (χ2n) is 7.72. The molecule has 3 rings (SSSR count). The summed E-state index contributed by atoms with van der Waals surface area (Å²) in [7, 11) is 0. The molecule has 166 valence electrons. The van der Waals surface area contributed by atoms with Crippen molar-refractivity contribution < 1.29 is 14.3 Å². The van der Waals surface area contributed by atoms with Gasteiger partial charge in [0.05, 0.1) is 19.4 Å². The molecule has 1 aromatic heterocycles. The van der Waals surface area contributed by atoms with Gasteiger partial charge in [-0.25, -0.2) is 5.43 Å². The molecule has 6 heteroatoms. The van der Waals surface area contributed by atoms with Crippen molar-refractivity contribution in [3.05, 3.63) is 89.2 Å². The molecular formula is C26H29N3O3. The molecule has 0 aliphatic rings. The van der Waals surface area contributed by atoms with Crippen LogP contribution < -0.4 is 14.9 Å². The highest BCUT2D eigenvalue weighted by molar-refractivity contribution is 5.94. The smallest absolute Gasteiger partial charge is 0.271 e. The number of rotatable bonds is 10. The fourth-order valence-corrected chi connectivity index (χ4v) is 3.11. The fraction of sp³-hybridized carbons (Fsp3) is 0.269. The molecule has 0 saturated carbocycles. The Bertz CT molecular complexity index is 1050. The lowest BCUT2D eigenvalue weighted by Gasteiger charge is -2.15. The molecule has 0 atom stereocenters. The third-order valence-electron chi connectivity index (χ3n) is 4.83. The zero-order chi connectivity index (χ0) is 22.8. The van der Waals surface area contributed by atoms with Crippen molar-refractivity contribution in [3.8, 4) is 11.5 Å². The number of para-hydroxylation sites is 1. The van der Waals surface area contributed by atoms with Crippen molar-refractivity contribution in [3.63, 3.8) is 0 Å². The second-order valence-corrected chi connectivity index (χ2v) is 7.72. The average molecular weight is 432 g/mol. The molecule has 2 aromatic carbocycles. The molecule has 3 aromatic rings. The molecular weight excluding hydrogens is 402 g/mol. The normalized spacial score (nSPS) is 11.0.